The summed E-state index contributed by atoms with van der Waals surface area (Å²) < 4.78 is 11.2. The van der Waals surface area contributed by atoms with E-state index in [4.69, 9.17) is 9.47 Å². The molecular formula is C15H22N2O2. The van der Waals surface area contributed by atoms with Gasteiger partial charge >= 0.3 is 0 Å². The van der Waals surface area contributed by atoms with Crippen LogP contribution in [0.4, 0.5) is 0 Å². The molecule has 1 N–H and O–H groups in total. The van der Waals surface area contributed by atoms with E-state index < -0.39 is 0 Å². The maximum atomic E-state index is 5.87. The summed E-state index contributed by atoms with van der Waals surface area (Å²) in [6, 6.07) is 6.65. The number of piperazine rings is 1. The monoisotopic (exact) mass is 262 g/mol. The first kappa shape index (κ1) is 12.8. The Bertz CT molecular complexity index is 430. The molecular weight excluding hydrogens is 240 g/mol. The highest BCUT2D eigenvalue weighted by atomic mass is 16.5. The Morgan fingerprint density at radius 2 is 2.16 bits per heavy atom. The largest absolute Gasteiger partial charge is 0.497 e. The summed E-state index contributed by atoms with van der Waals surface area (Å²) in [5.74, 6) is 1.95. The fourth-order valence-electron chi connectivity index (χ4n) is 3.03. The molecule has 104 valence electrons. The summed E-state index contributed by atoms with van der Waals surface area (Å²) >= 11 is 0. The summed E-state index contributed by atoms with van der Waals surface area (Å²) in [5.41, 5.74) is 1.29. The zero-order chi connectivity index (χ0) is 13.1. The van der Waals surface area contributed by atoms with Crippen molar-refractivity contribution in [3.8, 4) is 11.5 Å². The van der Waals surface area contributed by atoms with E-state index in [1.807, 2.05) is 6.07 Å². The van der Waals surface area contributed by atoms with Crippen LogP contribution in [0.1, 0.15) is 24.4 Å². The number of hydrogen-bond donors (Lipinski definition) is 1. The first-order valence-electron chi connectivity index (χ1n) is 7.14. The van der Waals surface area contributed by atoms with Crippen molar-refractivity contribution in [2.45, 2.75) is 18.9 Å². The van der Waals surface area contributed by atoms with E-state index in [1.54, 1.807) is 7.11 Å². The molecule has 2 aliphatic heterocycles. The van der Waals surface area contributed by atoms with Gasteiger partial charge in [-0.15, -0.1) is 0 Å². The number of rotatable bonds is 2. The number of benzene rings is 1. The van der Waals surface area contributed by atoms with E-state index in [2.05, 4.69) is 22.3 Å². The molecule has 1 unspecified atom stereocenters. The standard InChI is InChI=1S/C15H22N2O2/c1-18-12-4-5-15-13(11-12)14(3-2-10-19-15)17-8-6-16-7-9-17/h4-5,11,14,16H,2-3,6-10H2,1H3. The number of nitrogens with one attached hydrogen (secondary N) is 1. The first-order valence-corrected chi connectivity index (χ1v) is 7.14. The van der Waals surface area contributed by atoms with Gasteiger partial charge in [-0.2, -0.15) is 0 Å². The highest BCUT2D eigenvalue weighted by molar-refractivity contribution is 5.42. The second-order valence-electron chi connectivity index (χ2n) is 5.20. The van der Waals surface area contributed by atoms with Crippen LogP contribution in [0.25, 0.3) is 0 Å². The molecule has 1 fully saturated rings. The minimum atomic E-state index is 0.467. The molecule has 1 aromatic rings. The van der Waals surface area contributed by atoms with Crippen molar-refractivity contribution in [2.24, 2.45) is 0 Å². The van der Waals surface area contributed by atoms with Crippen molar-refractivity contribution in [1.29, 1.82) is 0 Å². The minimum Gasteiger partial charge on any atom is -0.497 e. The van der Waals surface area contributed by atoms with Gasteiger partial charge in [0.05, 0.1) is 13.7 Å². The molecule has 0 radical (unpaired) electrons. The molecule has 4 nitrogen and oxygen atoms in total. The van der Waals surface area contributed by atoms with Gasteiger partial charge in [0.2, 0.25) is 0 Å². The molecule has 0 amide bonds. The van der Waals surface area contributed by atoms with E-state index >= 15 is 0 Å². The van der Waals surface area contributed by atoms with Crippen LogP contribution in [0.2, 0.25) is 0 Å². The average Bonchev–Trinajstić information content (AvgIpc) is 2.69. The Morgan fingerprint density at radius 1 is 1.32 bits per heavy atom. The van der Waals surface area contributed by atoms with E-state index in [9.17, 15) is 0 Å². The average molecular weight is 262 g/mol. The lowest BCUT2D eigenvalue weighted by Gasteiger charge is -2.35. The molecule has 19 heavy (non-hydrogen) atoms. The molecule has 0 spiro atoms. The molecule has 2 aliphatic rings. The van der Waals surface area contributed by atoms with Crippen molar-refractivity contribution in [2.75, 3.05) is 39.9 Å². The number of ether oxygens (including phenoxy) is 2. The van der Waals surface area contributed by atoms with Crippen LogP contribution < -0.4 is 14.8 Å². The van der Waals surface area contributed by atoms with E-state index in [-0.39, 0.29) is 0 Å². The lowest BCUT2D eigenvalue weighted by molar-refractivity contribution is 0.165. The molecule has 1 saturated heterocycles. The fourth-order valence-corrected chi connectivity index (χ4v) is 3.03. The zero-order valence-electron chi connectivity index (χ0n) is 11.5. The third-order valence-electron chi connectivity index (χ3n) is 4.05. The van der Waals surface area contributed by atoms with Gasteiger partial charge in [-0.1, -0.05) is 0 Å². The third-order valence-corrected chi connectivity index (χ3v) is 4.05. The lowest BCUT2D eigenvalue weighted by Crippen LogP contribution is -2.45. The summed E-state index contributed by atoms with van der Waals surface area (Å²) in [6.07, 6.45) is 2.28. The van der Waals surface area contributed by atoms with Gasteiger partial charge < -0.3 is 14.8 Å². The molecule has 4 heteroatoms. The molecule has 2 heterocycles. The lowest BCUT2D eigenvalue weighted by atomic mass is 9.99. The van der Waals surface area contributed by atoms with Crippen molar-refractivity contribution in [3.05, 3.63) is 23.8 Å². The van der Waals surface area contributed by atoms with Gasteiger partial charge in [0.25, 0.3) is 0 Å². The fraction of sp³-hybridized carbons (Fsp3) is 0.600. The molecule has 0 bridgehead atoms. The second-order valence-corrected chi connectivity index (χ2v) is 5.20. The highest BCUT2D eigenvalue weighted by Crippen LogP contribution is 2.37. The maximum absolute atomic E-state index is 5.87. The minimum absolute atomic E-state index is 0.467. The Hall–Kier alpha value is -1.26. The van der Waals surface area contributed by atoms with E-state index in [1.165, 1.54) is 12.0 Å². The molecule has 0 aliphatic carbocycles. The van der Waals surface area contributed by atoms with Gasteiger partial charge in [-0.3, -0.25) is 4.90 Å². The van der Waals surface area contributed by atoms with Crippen molar-refractivity contribution >= 4 is 0 Å². The molecule has 0 saturated carbocycles. The Kier molecular flexibility index (Phi) is 3.89. The van der Waals surface area contributed by atoms with Crippen LogP contribution in [-0.2, 0) is 0 Å². The molecule has 0 aromatic heterocycles. The normalized spacial score (nSPS) is 24.2. The van der Waals surface area contributed by atoms with Crippen LogP contribution in [0.3, 0.4) is 0 Å². The predicted octanol–water partition coefficient (Wildman–Crippen LogP) is 1.81. The molecule has 1 aromatic carbocycles. The quantitative estimate of drug-likeness (QED) is 0.881. The summed E-state index contributed by atoms with van der Waals surface area (Å²) in [7, 11) is 1.72. The summed E-state index contributed by atoms with van der Waals surface area (Å²) in [5, 5.41) is 3.42. The predicted molar refractivity (Wildman–Crippen MR) is 74.9 cm³/mol. The van der Waals surface area contributed by atoms with Gasteiger partial charge in [0.1, 0.15) is 11.5 Å². The van der Waals surface area contributed by atoms with Crippen LogP contribution in [0.5, 0.6) is 11.5 Å². The number of methoxy groups -OCH3 is 1. The summed E-state index contributed by atoms with van der Waals surface area (Å²) in [6.45, 7) is 5.21. The Labute approximate surface area is 114 Å². The maximum Gasteiger partial charge on any atom is 0.124 e. The van der Waals surface area contributed by atoms with Gasteiger partial charge in [-0.05, 0) is 31.0 Å². The van der Waals surface area contributed by atoms with Gasteiger partial charge in [0.15, 0.2) is 0 Å². The Morgan fingerprint density at radius 3 is 2.95 bits per heavy atom. The number of hydrogen-bond acceptors (Lipinski definition) is 4. The zero-order valence-corrected chi connectivity index (χ0v) is 11.5. The number of nitrogens with zero attached hydrogens (tertiary/aromatic N) is 1. The first-order chi connectivity index (χ1) is 9.38. The third kappa shape index (κ3) is 2.69. The highest BCUT2D eigenvalue weighted by Gasteiger charge is 2.26. The topological polar surface area (TPSA) is 33.7 Å². The SMILES string of the molecule is COc1ccc2c(c1)C(N1CCNCC1)CCCO2. The van der Waals surface area contributed by atoms with Gasteiger partial charge in [0, 0.05) is 37.8 Å². The van der Waals surface area contributed by atoms with Crippen LogP contribution in [0.15, 0.2) is 18.2 Å². The summed E-state index contributed by atoms with van der Waals surface area (Å²) in [4.78, 5) is 2.57. The van der Waals surface area contributed by atoms with Crippen LogP contribution in [0, 0.1) is 0 Å². The van der Waals surface area contributed by atoms with Crippen molar-refractivity contribution in [1.82, 2.24) is 10.2 Å². The van der Waals surface area contributed by atoms with Crippen molar-refractivity contribution in [3.63, 3.8) is 0 Å². The molecule has 1 atom stereocenters. The smallest absolute Gasteiger partial charge is 0.124 e. The van der Waals surface area contributed by atoms with Crippen molar-refractivity contribution < 1.29 is 9.47 Å². The van der Waals surface area contributed by atoms with Gasteiger partial charge in [-0.25, -0.2) is 0 Å². The second kappa shape index (κ2) is 5.80. The Balaban J connectivity index is 1.91. The van der Waals surface area contributed by atoms with Crippen LogP contribution >= 0.6 is 0 Å². The van der Waals surface area contributed by atoms with E-state index in [0.29, 0.717) is 6.04 Å². The molecule has 3 rings (SSSR count). The van der Waals surface area contributed by atoms with Crippen LogP contribution in [-0.4, -0.2) is 44.8 Å². The number of fused-ring (bicyclic) bond motifs is 1. The van der Waals surface area contributed by atoms with E-state index in [0.717, 1.165) is 50.7 Å².